The molecule has 1 heterocycles. The van der Waals surface area contributed by atoms with Crippen molar-refractivity contribution in [3.05, 3.63) is 28.8 Å². The Hall–Kier alpha value is -1.79. The fraction of sp³-hybridized carbons (Fsp3) is 0.579. The zero-order chi connectivity index (χ0) is 19.3. The molecule has 1 aliphatic heterocycles. The van der Waals surface area contributed by atoms with Crippen LogP contribution in [-0.4, -0.2) is 65.1 Å². The van der Waals surface area contributed by atoms with Gasteiger partial charge < -0.3 is 14.7 Å². The maximum absolute atomic E-state index is 12.6. The summed E-state index contributed by atoms with van der Waals surface area (Å²) in [6.45, 7) is 7.58. The molecular weight excluding hydrogens is 356 g/mol. The number of likely N-dealkylation sites (tertiary alicyclic amines) is 1. The summed E-state index contributed by atoms with van der Waals surface area (Å²) in [5, 5.41) is 9.67. The normalized spacial score (nSPS) is 16.6. The van der Waals surface area contributed by atoms with Gasteiger partial charge in [-0.1, -0.05) is 18.5 Å². The van der Waals surface area contributed by atoms with E-state index in [-0.39, 0.29) is 18.5 Å². The molecule has 1 atom stereocenters. The Balaban J connectivity index is 1.88. The molecule has 2 rings (SSSR count). The Morgan fingerprint density at radius 2 is 2.04 bits per heavy atom. The summed E-state index contributed by atoms with van der Waals surface area (Å²) in [6.07, 6.45) is 0.979. The first-order valence-electron chi connectivity index (χ1n) is 8.99. The van der Waals surface area contributed by atoms with Gasteiger partial charge in [0.25, 0.3) is 5.91 Å². The maximum atomic E-state index is 12.6. The van der Waals surface area contributed by atoms with Crippen molar-refractivity contribution in [2.45, 2.75) is 45.8 Å². The Kier molecular flexibility index (Phi) is 7.29. The van der Waals surface area contributed by atoms with Crippen LogP contribution in [0.3, 0.4) is 0 Å². The van der Waals surface area contributed by atoms with Gasteiger partial charge in [-0.15, -0.1) is 0 Å². The average molecular weight is 383 g/mol. The first kappa shape index (κ1) is 20.5. The van der Waals surface area contributed by atoms with Gasteiger partial charge in [0.05, 0.1) is 6.54 Å². The van der Waals surface area contributed by atoms with Crippen molar-refractivity contribution in [1.82, 2.24) is 9.80 Å². The van der Waals surface area contributed by atoms with Crippen molar-refractivity contribution in [3.63, 3.8) is 0 Å². The number of ether oxygens (including phenoxy) is 1. The molecule has 0 spiro atoms. The predicted octanol–water partition coefficient (Wildman–Crippen LogP) is 2.81. The zero-order valence-electron chi connectivity index (χ0n) is 15.6. The summed E-state index contributed by atoms with van der Waals surface area (Å²) in [6, 6.07) is 5.55. The third kappa shape index (κ3) is 5.35. The highest BCUT2D eigenvalue weighted by molar-refractivity contribution is 6.31. The Labute approximate surface area is 159 Å². The van der Waals surface area contributed by atoms with E-state index in [2.05, 4.69) is 0 Å². The lowest BCUT2D eigenvalue weighted by atomic mass is 10.0. The number of hydrogen-bond donors (Lipinski definition) is 1. The Morgan fingerprint density at radius 1 is 1.38 bits per heavy atom. The van der Waals surface area contributed by atoms with Crippen molar-refractivity contribution in [3.8, 4) is 5.75 Å². The number of aliphatic carboxylic acids is 1. The largest absolute Gasteiger partial charge is 0.481 e. The maximum Gasteiger partial charge on any atom is 0.317 e. The third-order valence-electron chi connectivity index (χ3n) is 4.83. The molecule has 1 aromatic rings. The van der Waals surface area contributed by atoms with Crippen molar-refractivity contribution >= 4 is 23.5 Å². The molecule has 1 aliphatic rings. The molecule has 6 nitrogen and oxygen atoms in total. The molecule has 1 N–H and O–H groups in total. The highest BCUT2D eigenvalue weighted by Crippen LogP contribution is 2.23. The van der Waals surface area contributed by atoms with Gasteiger partial charge in [-0.05, 0) is 57.0 Å². The van der Waals surface area contributed by atoms with Gasteiger partial charge in [0.1, 0.15) is 5.75 Å². The quantitative estimate of drug-likeness (QED) is 0.785. The molecular formula is C19H27ClN2O4. The number of carbonyl (C=O) groups excluding carboxylic acids is 1. The molecule has 0 saturated carbocycles. The van der Waals surface area contributed by atoms with Crippen LogP contribution in [-0.2, 0) is 9.59 Å². The number of aryl methyl sites for hydroxylation is 1. The number of piperidine rings is 1. The van der Waals surface area contributed by atoms with Crippen LogP contribution in [0, 0.1) is 6.92 Å². The van der Waals surface area contributed by atoms with E-state index >= 15 is 0 Å². The van der Waals surface area contributed by atoms with Crippen LogP contribution >= 0.6 is 11.6 Å². The number of carboxylic acids is 1. The number of carboxylic acid groups (broad SMARTS) is 1. The smallest absolute Gasteiger partial charge is 0.317 e. The highest BCUT2D eigenvalue weighted by Gasteiger charge is 2.29. The van der Waals surface area contributed by atoms with Gasteiger partial charge in [0, 0.05) is 24.2 Å². The highest BCUT2D eigenvalue weighted by atomic mass is 35.5. The molecule has 1 unspecified atom stereocenters. The Bertz CT molecular complexity index is 644. The van der Waals surface area contributed by atoms with Crippen molar-refractivity contribution in [1.29, 1.82) is 0 Å². The molecule has 0 aliphatic carbocycles. The fourth-order valence-electron chi connectivity index (χ4n) is 3.33. The van der Waals surface area contributed by atoms with Crippen LogP contribution < -0.4 is 4.74 Å². The number of rotatable bonds is 7. The summed E-state index contributed by atoms with van der Waals surface area (Å²) in [7, 11) is 0. The van der Waals surface area contributed by atoms with E-state index in [1.165, 1.54) is 0 Å². The van der Waals surface area contributed by atoms with Crippen LogP contribution in [0.2, 0.25) is 5.02 Å². The topological polar surface area (TPSA) is 70.1 Å². The molecule has 1 saturated heterocycles. The predicted molar refractivity (Wildman–Crippen MR) is 101 cm³/mol. The summed E-state index contributed by atoms with van der Waals surface area (Å²) >= 11 is 6.01. The average Bonchev–Trinajstić information content (AvgIpc) is 2.62. The molecule has 1 amide bonds. The second-order valence-corrected chi connectivity index (χ2v) is 7.09. The van der Waals surface area contributed by atoms with Gasteiger partial charge in [0.15, 0.2) is 6.10 Å². The second-order valence-electron chi connectivity index (χ2n) is 6.68. The molecule has 0 radical (unpaired) electrons. The standard InChI is InChI=1S/C19H27ClN2O4/c1-4-21(12-18(23)24)15-7-9-22(10-8-15)19(25)14(3)26-16-5-6-17(20)13(2)11-16/h5-6,11,14-15H,4,7-10,12H2,1-3H3,(H,23,24). The number of carbonyl (C=O) groups is 2. The number of benzene rings is 1. The number of halogens is 1. The van der Waals surface area contributed by atoms with E-state index in [9.17, 15) is 9.59 Å². The fourth-order valence-corrected chi connectivity index (χ4v) is 3.44. The lowest BCUT2D eigenvalue weighted by molar-refractivity contribution is -0.142. The van der Waals surface area contributed by atoms with Crippen molar-refractivity contribution < 1.29 is 19.4 Å². The lowest BCUT2D eigenvalue weighted by Gasteiger charge is -2.38. The van der Waals surface area contributed by atoms with E-state index in [0.717, 1.165) is 18.4 Å². The summed E-state index contributed by atoms with van der Waals surface area (Å²) in [4.78, 5) is 27.4. The van der Waals surface area contributed by atoms with Crippen LogP contribution in [0.25, 0.3) is 0 Å². The van der Waals surface area contributed by atoms with E-state index in [0.29, 0.717) is 30.4 Å². The number of nitrogens with zero attached hydrogens (tertiary/aromatic N) is 2. The molecule has 0 aromatic heterocycles. The first-order valence-corrected chi connectivity index (χ1v) is 9.37. The number of hydrogen-bond acceptors (Lipinski definition) is 4. The van der Waals surface area contributed by atoms with Crippen LogP contribution in [0.5, 0.6) is 5.75 Å². The lowest BCUT2D eigenvalue weighted by Crippen LogP contribution is -2.50. The summed E-state index contributed by atoms with van der Waals surface area (Å²) < 4.78 is 5.78. The van der Waals surface area contributed by atoms with Crippen LogP contribution in [0.4, 0.5) is 0 Å². The third-order valence-corrected chi connectivity index (χ3v) is 5.25. The van der Waals surface area contributed by atoms with E-state index in [1.807, 2.05) is 24.8 Å². The minimum absolute atomic E-state index is 0.0441. The SMILES string of the molecule is CCN(CC(=O)O)C1CCN(C(=O)C(C)Oc2ccc(Cl)c(C)c2)CC1. The van der Waals surface area contributed by atoms with Gasteiger partial charge >= 0.3 is 5.97 Å². The minimum atomic E-state index is -0.814. The Morgan fingerprint density at radius 3 is 2.58 bits per heavy atom. The zero-order valence-corrected chi connectivity index (χ0v) is 16.3. The van der Waals surface area contributed by atoms with E-state index < -0.39 is 12.1 Å². The molecule has 1 fully saturated rings. The van der Waals surface area contributed by atoms with E-state index in [4.69, 9.17) is 21.4 Å². The van der Waals surface area contributed by atoms with Gasteiger partial charge in [-0.3, -0.25) is 14.5 Å². The van der Waals surface area contributed by atoms with E-state index in [1.54, 1.807) is 24.0 Å². The van der Waals surface area contributed by atoms with Crippen LogP contribution in [0.15, 0.2) is 18.2 Å². The first-order chi connectivity index (χ1) is 12.3. The van der Waals surface area contributed by atoms with Crippen molar-refractivity contribution in [2.24, 2.45) is 0 Å². The van der Waals surface area contributed by atoms with Crippen molar-refractivity contribution in [2.75, 3.05) is 26.2 Å². The molecule has 1 aromatic carbocycles. The van der Waals surface area contributed by atoms with Gasteiger partial charge in [0.2, 0.25) is 0 Å². The summed E-state index contributed by atoms with van der Waals surface area (Å²) in [5.41, 5.74) is 0.905. The summed E-state index contributed by atoms with van der Waals surface area (Å²) in [5.74, 6) is -0.232. The second kappa shape index (κ2) is 9.24. The molecule has 26 heavy (non-hydrogen) atoms. The van der Waals surface area contributed by atoms with Gasteiger partial charge in [-0.25, -0.2) is 0 Å². The molecule has 7 heteroatoms. The van der Waals surface area contributed by atoms with Crippen LogP contribution in [0.1, 0.15) is 32.3 Å². The van der Waals surface area contributed by atoms with Gasteiger partial charge in [-0.2, -0.15) is 0 Å². The molecule has 0 bridgehead atoms. The molecule has 144 valence electrons. The monoisotopic (exact) mass is 382 g/mol. The minimum Gasteiger partial charge on any atom is -0.481 e. The number of likely N-dealkylation sites (N-methyl/N-ethyl adjacent to an activating group) is 1. The number of amides is 1.